The van der Waals surface area contributed by atoms with Crippen LogP contribution in [0, 0.1) is 17.8 Å². The summed E-state index contributed by atoms with van der Waals surface area (Å²) >= 11 is 0. The van der Waals surface area contributed by atoms with Gasteiger partial charge in [0.05, 0.1) is 0 Å². The topological polar surface area (TPSA) is 43.8 Å². The molecule has 3 atom stereocenters. The van der Waals surface area contributed by atoms with E-state index in [1.165, 1.54) is 31.5 Å². The van der Waals surface area contributed by atoms with Gasteiger partial charge in [0.2, 0.25) is 0 Å². The fourth-order valence-corrected chi connectivity index (χ4v) is 3.81. The monoisotopic (exact) mass is 233 g/mol. The summed E-state index contributed by atoms with van der Waals surface area (Å²) in [5, 5.41) is 0. The van der Waals surface area contributed by atoms with E-state index in [0.717, 1.165) is 30.6 Å². The molecule has 3 rings (SSSR count). The molecule has 0 radical (unpaired) electrons. The van der Waals surface area contributed by atoms with Gasteiger partial charge in [0, 0.05) is 31.9 Å². The molecule has 2 aliphatic carbocycles. The number of nitrogens with zero attached hydrogens (tertiary/aromatic N) is 2. The highest BCUT2D eigenvalue weighted by Gasteiger charge is 2.52. The van der Waals surface area contributed by atoms with Crippen molar-refractivity contribution in [2.45, 2.75) is 44.6 Å². The molecule has 2 N–H and O–H groups in total. The second-order valence-corrected chi connectivity index (χ2v) is 5.85. The molecule has 0 aromatic carbocycles. The lowest BCUT2D eigenvalue weighted by atomic mass is 10.0. The Morgan fingerprint density at radius 2 is 2.12 bits per heavy atom. The highest BCUT2D eigenvalue weighted by Crippen LogP contribution is 2.57. The third-order valence-corrected chi connectivity index (χ3v) is 4.84. The zero-order valence-electron chi connectivity index (χ0n) is 10.7. The molecule has 17 heavy (non-hydrogen) atoms. The molecule has 1 aromatic rings. The molecule has 1 heterocycles. The van der Waals surface area contributed by atoms with E-state index in [-0.39, 0.29) is 0 Å². The first kappa shape index (κ1) is 11.3. The van der Waals surface area contributed by atoms with Crippen molar-refractivity contribution in [1.29, 1.82) is 0 Å². The van der Waals surface area contributed by atoms with Gasteiger partial charge in [0.15, 0.2) is 0 Å². The summed E-state index contributed by atoms with van der Waals surface area (Å²) in [6, 6.07) is 0.403. The first-order valence-corrected chi connectivity index (χ1v) is 6.99. The van der Waals surface area contributed by atoms with Crippen molar-refractivity contribution in [3.05, 3.63) is 18.2 Å². The van der Waals surface area contributed by atoms with Crippen LogP contribution < -0.4 is 5.73 Å². The Kier molecular flexibility index (Phi) is 2.95. The van der Waals surface area contributed by atoms with Crippen molar-refractivity contribution in [2.24, 2.45) is 30.5 Å². The molecule has 0 bridgehead atoms. The molecule has 3 heteroatoms. The first-order valence-electron chi connectivity index (χ1n) is 6.99. The number of aryl methyl sites for hydroxylation is 2. The van der Waals surface area contributed by atoms with E-state index in [0.29, 0.717) is 6.04 Å². The van der Waals surface area contributed by atoms with Crippen LogP contribution in [0.5, 0.6) is 0 Å². The number of nitrogens with two attached hydrogens (primary N) is 1. The molecule has 2 saturated carbocycles. The summed E-state index contributed by atoms with van der Waals surface area (Å²) in [7, 11) is 2.06. The second kappa shape index (κ2) is 4.45. The van der Waals surface area contributed by atoms with Crippen molar-refractivity contribution >= 4 is 0 Å². The Labute approximate surface area is 103 Å². The van der Waals surface area contributed by atoms with Gasteiger partial charge in [-0.1, -0.05) is 12.8 Å². The van der Waals surface area contributed by atoms with E-state index in [1.807, 2.05) is 12.4 Å². The summed E-state index contributed by atoms with van der Waals surface area (Å²) in [6.45, 7) is 0. The van der Waals surface area contributed by atoms with E-state index >= 15 is 0 Å². The zero-order valence-corrected chi connectivity index (χ0v) is 10.7. The summed E-state index contributed by atoms with van der Waals surface area (Å²) < 4.78 is 2.10. The third-order valence-electron chi connectivity index (χ3n) is 4.84. The van der Waals surface area contributed by atoms with Gasteiger partial charge in [-0.25, -0.2) is 4.98 Å². The lowest BCUT2D eigenvalue weighted by Gasteiger charge is -2.11. The minimum atomic E-state index is 0.403. The van der Waals surface area contributed by atoms with Crippen molar-refractivity contribution < 1.29 is 0 Å². The smallest absolute Gasteiger partial charge is 0.108 e. The molecule has 0 saturated heterocycles. The summed E-state index contributed by atoms with van der Waals surface area (Å²) in [5.41, 5.74) is 6.37. The van der Waals surface area contributed by atoms with E-state index in [2.05, 4.69) is 16.6 Å². The molecule has 0 spiro atoms. The van der Waals surface area contributed by atoms with Gasteiger partial charge in [-0.05, 0) is 37.0 Å². The third kappa shape index (κ3) is 2.13. The van der Waals surface area contributed by atoms with Crippen LogP contribution >= 0.6 is 0 Å². The Morgan fingerprint density at radius 3 is 2.71 bits per heavy atom. The summed E-state index contributed by atoms with van der Waals surface area (Å²) in [6.07, 6.45) is 11.8. The van der Waals surface area contributed by atoms with Crippen LogP contribution in [0.4, 0.5) is 0 Å². The Morgan fingerprint density at radius 1 is 1.41 bits per heavy atom. The van der Waals surface area contributed by atoms with E-state index < -0.39 is 0 Å². The molecule has 3 unspecified atom stereocenters. The lowest BCUT2D eigenvalue weighted by molar-refractivity contribution is 0.480. The van der Waals surface area contributed by atoms with Crippen molar-refractivity contribution in [3.63, 3.8) is 0 Å². The van der Waals surface area contributed by atoms with Crippen LogP contribution in [0.25, 0.3) is 0 Å². The number of imidazole rings is 1. The maximum absolute atomic E-state index is 6.37. The predicted octanol–water partition coefficient (Wildman–Crippen LogP) is 2.12. The number of hydrogen-bond donors (Lipinski definition) is 1. The predicted molar refractivity (Wildman–Crippen MR) is 68.4 cm³/mol. The van der Waals surface area contributed by atoms with Gasteiger partial charge in [-0.2, -0.15) is 0 Å². The average molecular weight is 233 g/mol. The van der Waals surface area contributed by atoms with Gasteiger partial charge in [0.25, 0.3) is 0 Å². The molecular weight excluding hydrogens is 210 g/mol. The number of rotatable bonds is 4. The van der Waals surface area contributed by atoms with Crippen molar-refractivity contribution in [1.82, 2.24) is 9.55 Å². The zero-order chi connectivity index (χ0) is 11.8. The van der Waals surface area contributed by atoms with Crippen LogP contribution in [-0.2, 0) is 13.5 Å². The normalized spacial score (nSPS) is 33.2. The van der Waals surface area contributed by atoms with Gasteiger partial charge in [-0.15, -0.1) is 0 Å². The van der Waals surface area contributed by atoms with Crippen LogP contribution in [0.15, 0.2) is 12.4 Å². The molecule has 3 nitrogen and oxygen atoms in total. The molecular formula is C14H23N3. The first-order chi connectivity index (χ1) is 8.27. The van der Waals surface area contributed by atoms with Crippen LogP contribution in [0.2, 0.25) is 0 Å². The van der Waals surface area contributed by atoms with Crippen molar-refractivity contribution in [3.8, 4) is 0 Å². The molecule has 94 valence electrons. The molecule has 0 amide bonds. The highest BCUT2D eigenvalue weighted by molar-refractivity contribution is 5.04. The fraction of sp³-hybridized carbons (Fsp3) is 0.786. The van der Waals surface area contributed by atoms with Gasteiger partial charge in [-0.3, -0.25) is 0 Å². The molecule has 2 fully saturated rings. The highest BCUT2D eigenvalue weighted by atomic mass is 15.0. The second-order valence-electron chi connectivity index (χ2n) is 5.85. The molecule has 0 aliphatic heterocycles. The Balaban J connectivity index is 1.51. The number of fused-ring (bicyclic) bond motifs is 1. The van der Waals surface area contributed by atoms with E-state index in [1.54, 1.807) is 0 Å². The number of hydrogen-bond acceptors (Lipinski definition) is 2. The largest absolute Gasteiger partial charge is 0.338 e. The summed E-state index contributed by atoms with van der Waals surface area (Å²) in [4.78, 5) is 4.37. The molecule has 2 aliphatic rings. The van der Waals surface area contributed by atoms with E-state index in [9.17, 15) is 0 Å². The Bertz CT molecular complexity index is 373. The van der Waals surface area contributed by atoms with Crippen LogP contribution in [0.1, 0.15) is 37.9 Å². The fourth-order valence-electron chi connectivity index (χ4n) is 3.81. The van der Waals surface area contributed by atoms with E-state index in [4.69, 9.17) is 5.73 Å². The van der Waals surface area contributed by atoms with Crippen LogP contribution in [-0.4, -0.2) is 15.6 Å². The average Bonchev–Trinajstić information content (AvgIpc) is 2.94. The number of aromatic nitrogens is 2. The minimum Gasteiger partial charge on any atom is -0.338 e. The maximum Gasteiger partial charge on any atom is 0.108 e. The van der Waals surface area contributed by atoms with Crippen LogP contribution in [0.3, 0.4) is 0 Å². The van der Waals surface area contributed by atoms with Gasteiger partial charge >= 0.3 is 0 Å². The van der Waals surface area contributed by atoms with Gasteiger partial charge < -0.3 is 10.3 Å². The quantitative estimate of drug-likeness (QED) is 0.865. The molecule has 1 aromatic heterocycles. The van der Waals surface area contributed by atoms with Gasteiger partial charge in [0.1, 0.15) is 5.82 Å². The SMILES string of the molecule is Cn1ccnc1CCC(N)C1C2CCCCC21. The lowest BCUT2D eigenvalue weighted by Crippen LogP contribution is -2.25. The minimum absolute atomic E-state index is 0.403. The van der Waals surface area contributed by atoms with Crippen molar-refractivity contribution in [2.75, 3.05) is 0 Å². The standard InChI is InChI=1S/C14H23N3/c1-17-9-8-16-13(17)7-6-12(15)14-10-4-2-3-5-11(10)14/h8-12,14H,2-7,15H2,1H3. The Hall–Kier alpha value is -0.830. The maximum atomic E-state index is 6.37. The summed E-state index contributed by atoms with van der Waals surface area (Å²) in [5.74, 6) is 3.95.